The van der Waals surface area contributed by atoms with Crippen LogP contribution in [0.15, 0.2) is 53.4 Å². The van der Waals surface area contributed by atoms with Crippen molar-refractivity contribution < 1.29 is 13.2 Å². The molecule has 7 nitrogen and oxygen atoms in total. The number of likely N-dealkylation sites (N-methyl/N-ethyl adjacent to an activating group) is 1. The molecule has 0 bridgehead atoms. The number of benzene rings is 2. The Kier molecular flexibility index (Phi) is 8.05. The molecule has 8 heteroatoms. The Bertz CT molecular complexity index is 1010. The van der Waals surface area contributed by atoms with Crippen molar-refractivity contribution in [2.45, 2.75) is 37.9 Å². The predicted molar refractivity (Wildman–Crippen MR) is 127 cm³/mol. The number of sulfonamides is 1. The van der Waals surface area contributed by atoms with Crippen molar-refractivity contribution in [2.24, 2.45) is 0 Å². The number of nitrogens with zero attached hydrogens (tertiary/aromatic N) is 3. The fraction of sp³-hybridized carbons (Fsp3) is 0.458. The summed E-state index contributed by atoms with van der Waals surface area (Å²) in [5.74, 6) is -0.226. The Labute approximate surface area is 192 Å². The van der Waals surface area contributed by atoms with Gasteiger partial charge in [-0.2, -0.15) is 4.31 Å². The zero-order valence-corrected chi connectivity index (χ0v) is 20.2. The van der Waals surface area contributed by atoms with E-state index in [0.29, 0.717) is 12.1 Å². The van der Waals surface area contributed by atoms with Gasteiger partial charge in [-0.15, -0.1) is 0 Å². The fourth-order valence-corrected chi connectivity index (χ4v) is 4.98. The summed E-state index contributed by atoms with van der Waals surface area (Å²) in [6.07, 6.45) is 0. The molecule has 2 aromatic rings. The standard InChI is InChI=1S/C24H34N4O3S/c1-19(2)27(4)32(30,31)23-10-8-22(9-11-23)24(29)25-17-20-6-5-7-21(16-20)18-28-14-12-26(3)13-15-28/h5-11,16,19H,12-15,17-18H2,1-4H3,(H,25,29). The second-order valence-corrected chi connectivity index (χ2v) is 10.7. The Balaban J connectivity index is 1.58. The van der Waals surface area contributed by atoms with Gasteiger partial charge in [0.2, 0.25) is 10.0 Å². The topological polar surface area (TPSA) is 73.0 Å². The summed E-state index contributed by atoms with van der Waals surface area (Å²) in [7, 11) is 0.143. The lowest BCUT2D eigenvalue weighted by Crippen LogP contribution is -2.43. The van der Waals surface area contributed by atoms with Gasteiger partial charge >= 0.3 is 0 Å². The molecular weight excluding hydrogens is 424 g/mol. The minimum atomic E-state index is -3.56. The van der Waals surface area contributed by atoms with Gasteiger partial charge in [-0.1, -0.05) is 24.3 Å². The molecule has 1 heterocycles. The number of hydrogen-bond acceptors (Lipinski definition) is 5. The number of carbonyl (C=O) groups is 1. The highest BCUT2D eigenvalue weighted by molar-refractivity contribution is 7.89. The molecule has 32 heavy (non-hydrogen) atoms. The molecular formula is C24H34N4O3S. The smallest absolute Gasteiger partial charge is 0.251 e. The van der Waals surface area contributed by atoms with Crippen molar-refractivity contribution in [1.29, 1.82) is 0 Å². The van der Waals surface area contributed by atoms with E-state index in [-0.39, 0.29) is 16.8 Å². The van der Waals surface area contributed by atoms with Crippen molar-refractivity contribution in [2.75, 3.05) is 40.3 Å². The van der Waals surface area contributed by atoms with Crippen LogP contribution < -0.4 is 5.32 Å². The molecule has 174 valence electrons. The zero-order chi connectivity index (χ0) is 23.3. The van der Waals surface area contributed by atoms with Crippen LogP contribution in [0.5, 0.6) is 0 Å². The van der Waals surface area contributed by atoms with E-state index in [9.17, 15) is 13.2 Å². The minimum Gasteiger partial charge on any atom is -0.348 e. The monoisotopic (exact) mass is 458 g/mol. The van der Waals surface area contributed by atoms with Gasteiger partial charge in [-0.3, -0.25) is 9.69 Å². The number of carbonyl (C=O) groups excluding carboxylic acids is 1. The average Bonchev–Trinajstić information content (AvgIpc) is 2.78. The Morgan fingerprint density at radius 2 is 1.66 bits per heavy atom. The van der Waals surface area contributed by atoms with E-state index >= 15 is 0 Å². The molecule has 1 aliphatic heterocycles. The zero-order valence-electron chi connectivity index (χ0n) is 19.4. The van der Waals surface area contributed by atoms with E-state index in [1.165, 1.54) is 22.0 Å². The van der Waals surface area contributed by atoms with Crippen molar-refractivity contribution >= 4 is 15.9 Å². The predicted octanol–water partition coefficient (Wildman–Crippen LogP) is 2.39. The number of amides is 1. The number of hydrogen-bond donors (Lipinski definition) is 1. The molecule has 0 saturated carbocycles. The molecule has 1 amide bonds. The highest BCUT2D eigenvalue weighted by atomic mass is 32.2. The quantitative estimate of drug-likeness (QED) is 0.658. The summed E-state index contributed by atoms with van der Waals surface area (Å²) in [5, 5.41) is 2.93. The molecule has 3 rings (SSSR count). The van der Waals surface area contributed by atoms with E-state index in [1.807, 2.05) is 26.0 Å². The number of nitrogens with one attached hydrogen (secondary N) is 1. The largest absolute Gasteiger partial charge is 0.348 e. The highest BCUT2D eigenvalue weighted by Crippen LogP contribution is 2.17. The molecule has 0 aliphatic carbocycles. The molecule has 1 aliphatic rings. The summed E-state index contributed by atoms with van der Waals surface area (Å²) < 4.78 is 26.5. The van der Waals surface area contributed by atoms with Crippen LogP contribution in [-0.2, 0) is 23.1 Å². The van der Waals surface area contributed by atoms with Crippen LogP contribution in [0.25, 0.3) is 0 Å². The lowest BCUT2D eigenvalue weighted by molar-refractivity contribution is 0.0950. The van der Waals surface area contributed by atoms with E-state index in [0.717, 1.165) is 38.3 Å². The molecule has 0 unspecified atom stereocenters. The molecule has 0 atom stereocenters. The van der Waals surface area contributed by atoms with Crippen molar-refractivity contribution in [3.8, 4) is 0 Å². The van der Waals surface area contributed by atoms with Gasteiger partial charge in [0.15, 0.2) is 0 Å². The van der Waals surface area contributed by atoms with Crippen LogP contribution in [0.4, 0.5) is 0 Å². The van der Waals surface area contributed by atoms with Gasteiger partial charge in [-0.25, -0.2) is 8.42 Å². The third-order valence-corrected chi connectivity index (χ3v) is 8.02. The summed E-state index contributed by atoms with van der Waals surface area (Å²) in [6, 6.07) is 14.2. The molecule has 1 N–H and O–H groups in total. The first-order valence-electron chi connectivity index (χ1n) is 11.0. The van der Waals surface area contributed by atoms with Gasteiger partial charge in [0.1, 0.15) is 0 Å². The normalized spacial score (nSPS) is 15.9. The Morgan fingerprint density at radius 3 is 2.28 bits per heavy atom. The molecule has 1 fully saturated rings. The maximum Gasteiger partial charge on any atom is 0.251 e. The van der Waals surface area contributed by atoms with E-state index in [2.05, 4.69) is 34.3 Å². The first kappa shape index (κ1) is 24.4. The fourth-order valence-electron chi connectivity index (χ4n) is 3.61. The van der Waals surface area contributed by atoms with Crippen LogP contribution >= 0.6 is 0 Å². The lowest BCUT2D eigenvalue weighted by Gasteiger charge is -2.32. The van der Waals surface area contributed by atoms with Gasteiger partial charge in [0.25, 0.3) is 5.91 Å². The minimum absolute atomic E-state index is 0.144. The Hall–Kier alpha value is -2.26. The second kappa shape index (κ2) is 10.6. The first-order valence-corrected chi connectivity index (χ1v) is 12.5. The van der Waals surface area contributed by atoms with Gasteiger partial charge < -0.3 is 10.2 Å². The average molecular weight is 459 g/mol. The van der Waals surface area contributed by atoms with E-state index in [1.54, 1.807) is 19.2 Å². The van der Waals surface area contributed by atoms with Crippen molar-refractivity contribution in [3.05, 3.63) is 65.2 Å². The molecule has 0 radical (unpaired) electrons. The Morgan fingerprint density at radius 1 is 1.03 bits per heavy atom. The van der Waals surface area contributed by atoms with E-state index in [4.69, 9.17) is 0 Å². The van der Waals surface area contributed by atoms with Gasteiger partial charge in [0, 0.05) is 57.9 Å². The maximum atomic E-state index is 12.6. The summed E-state index contributed by atoms with van der Waals surface area (Å²) in [4.78, 5) is 17.5. The van der Waals surface area contributed by atoms with Crippen LogP contribution in [0, 0.1) is 0 Å². The molecule has 2 aromatic carbocycles. The number of piperazine rings is 1. The second-order valence-electron chi connectivity index (χ2n) is 8.72. The van der Waals surface area contributed by atoms with Crippen molar-refractivity contribution in [3.63, 3.8) is 0 Å². The summed E-state index contributed by atoms with van der Waals surface area (Å²) in [6.45, 7) is 9.28. The molecule has 0 aromatic heterocycles. The van der Waals surface area contributed by atoms with Gasteiger partial charge in [-0.05, 0) is 56.3 Å². The number of rotatable bonds is 8. The molecule has 0 spiro atoms. The molecule has 1 saturated heterocycles. The SMILES string of the molecule is CC(C)N(C)S(=O)(=O)c1ccc(C(=O)NCc2cccc(CN3CCN(C)CC3)c2)cc1. The summed E-state index contributed by atoms with van der Waals surface area (Å²) >= 11 is 0. The maximum absolute atomic E-state index is 12.6. The van der Waals surface area contributed by atoms with Crippen LogP contribution in [-0.4, -0.2) is 74.7 Å². The van der Waals surface area contributed by atoms with Crippen LogP contribution in [0.3, 0.4) is 0 Å². The van der Waals surface area contributed by atoms with Crippen LogP contribution in [0.1, 0.15) is 35.3 Å². The third-order valence-electron chi connectivity index (χ3n) is 5.97. The summed E-state index contributed by atoms with van der Waals surface area (Å²) in [5.41, 5.74) is 2.72. The van der Waals surface area contributed by atoms with Gasteiger partial charge in [0.05, 0.1) is 4.90 Å². The lowest BCUT2D eigenvalue weighted by atomic mass is 10.1. The first-order chi connectivity index (χ1) is 15.2. The van der Waals surface area contributed by atoms with Crippen LogP contribution in [0.2, 0.25) is 0 Å². The highest BCUT2D eigenvalue weighted by Gasteiger charge is 2.23. The van der Waals surface area contributed by atoms with E-state index < -0.39 is 10.0 Å². The third kappa shape index (κ3) is 6.16. The van der Waals surface area contributed by atoms with Crippen molar-refractivity contribution in [1.82, 2.24) is 19.4 Å².